The zero-order chi connectivity index (χ0) is 22.0. The lowest BCUT2D eigenvalue weighted by atomic mass is 10.0. The molecular formula is C25H29NO5. The van der Waals surface area contributed by atoms with E-state index in [9.17, 15) is 4.79 Å². The smallest absolute Gasteiger partial charge is 0.200 e. The van der Waals surface area contributed by atoms with E-state index < -0.39 is 0 Å². The van der Waals surface area contributed by atoms with Gasteiger partial charge in [-0.15, -0.1) is 0 Å². The molecule has 0 N–H and O–H groups in total. The van der Waals surface area contributed by atoms with Crippen LogP contribution in [0.1, 0.15) is 19.6 Å². The average molecular weight is 424 g/mol. The van der Waals surface area contributed by atoms with Gasteiger partial charge >= 0.3 is 0 Å². The minimum atomic E-state index is -0.0493. The lowest BCUT2D eigenvalue weighted by Gasteiger charge is -2.35. The summed E-state index contributed by atoms with van der Waals surface area (Å²) in [5, 5.41) is 0.541. The van der Waals surface area contributed by atoms with Gasteiger partial charge in [0.05, 0.1) is 30.3 Å². The molecular weight excluding hydrogens is 394 g/mol. The van der Waals surface area contributed by atoms with E-state index in [0.717, 1.165) is 30.9 Å². The second-order valence-electron chi connectivity index (χ2n) is 8.11. The molecule has 0 amide bonds. The van der Waals surface area contributed by atoms with Gasteiger partial charge in [0.2, 0.25) is 5.43 Å². The van der Waals surface area contributed by atoms with Crippen LogP contribution >= 0.6 is 0 Å². The van der Waals surface area contributed by atoms with Crippen LogP contribution in [0.5, 0.6) is 11.5 Å². The number of benzene rings is 2. The molecule has 2 aromatic carbocycles. The molecule has 1 saturated heterocycles. The summed E-state index contributed by atoms with van der Waals surface area (Å²) in [7, 11) is 1.62. The van der Waals surface area contributed by atoms with Crippen molar-refractivity contribution in [2.24, 2.45) is 0 Å². The number of nitrogens with zero attached hydrogens (tertiary/aromatic N) is 1. The second-order valence-corrected chi connectivity index (χ2v) is 8.11. The van der Waals surface area contributed by atoms with E-state index in [1.54, 1.807) is 19.2 Å². The summed E-state index contributed by atoms with van der Waals surface area (Å²) < 4.78 is 22.9. The van der Waals surface area contributed by atoms with Crippen LogP contribution in [0.3, 0.4) is 0 Å². The van der Waals surface area contributed by atoms with E-state index in [1.807, 2.05) is 37.3 Å². The van der Waals surface area contributed by atoms with Crippen molar-refractivity contribution in [3.8, 4) is 22.6 Å². The Bertz CT molecular complexity index is 1100. The molecule has 0 saturated carbocycles. The lowest BCUT2D eigenvalue weighted by Crippen LogP contribution is -2.46. The van der Waals surface area contributed by atoms with Crippen LogP contribution in [-0.4, -0.2) is 50.5 Å². The summed E-state index contributed by atoms with van der Waals surface area (Å²) in [6, 6.07) is 12.8. The number of hydrogen-bond acceptors (Lipinski definition) is 6. The Labute approximate surface area is 182 Å². The largest absolute Gasteiger partial charge is 0.497 e. The van der Waals surface area contributed by atoms with Gasteiger partial charge in [-0.3, -0.25) is 9.69 Å². The second kappa shape index (κ2) is 9.12. The molecule has 2 atom stereocenters. The van der Waals surface area contributed by atoms with E-state index in [1.165, 1.54) is 0 Å². The van der Waals surface area contributed by atoms with Gasteiger partial charge < -0.3 is 18.6 Å². The highest BCUT2D eigenvalue weighted by molar-refractivity contribution is 5.83. The summed E-state index contributed by atoms with van der Waals surface area (Å²) in [6.45, 7) is 9.22. The van der Waals surface area contributed by atoms with Crippen LogP contribution in [0.25, 0.3) is 22.1 Å². The molecule has 31 heavy (non-hydrogen) atoms. The van der Waals surface area contributed by atoms with Gasteiger partial charge in [0.1, 0.15) is 29.4 Å². The monoisotopic (exact) mass is 423 g/mol. The number of ether oxygens (including phenoxy) is 3. The quantitative estimate of drug-likeness (QED) is 0.590. The van der Waals surface area contributed by atoms with E-state index >= 15 is 0 Å². The molecule has 6 nitrogen and oxygen atoms in total. The molecule has 1 fully saturated rings. The Morgan fingerprint density at radius 3 is 2.39 bits per heavy atom. The number of morpholine rings is 1. The van der Waals surface area contributed by atoms with E-state index in [2.05, 4.69) is 18.7 Å². The van der Waals surface area contributed by atoms with Gasteiger partial charge in [-0.05, 0) is 50.6 Å². The molecule has 0 bridgehead atoms. The Kier molecular flexibility index (Phi) is 6.30. The van der Waals surface area contributed by atoms with Crippen LogP contribution in [-0.2, 0) is 4.74 Å². The summed E-state index contributed by atoms with van der Waals surface area (Å²) in [5.41, 5.74) is 1.86. The maximum absolute atomic E-state index is 13.1. The fourth-order valence-corrected chi connectivity index (χ4v) is 4.23. The molecule has 1 aliphatic rings. The first-order valence-corrected chi connectivity index (χ1v) is 10.7. The van der Waals surface area contributed by atoms with Crippen LogP contribution in [0.4, 0.5) is 0 Å². The fourth-order valence-electron chi connectivity index (χ4n) is 4.23. The number of methoxy groups -OCH3 is 1. The first-order chi connectivity index (χ1) is 14.9. The Morgan fingerprint density at radius 1 is 1.03 bits per heavy atom. The minimum absolute atomic E-state index is 0.0493. The minimum Gasteiger partial charge on any atom is -0.497 e. The zero-order valence-corrected chi connectivity index (χ0v) is 18.5. The predicted molar refractivity (Wildman–Crippen MR) is 121 cm³/mol. The third-order valence-electron chi connectivity index (χ3n) is 5.59. The SMILES string of the molecule is COc1ccc(-c2c(C)oc3cc(OCCN4C[C@@H](C)O[C@H](C)C4)ccc3c2=O)cc1. The van der Waals surface area contributed by atoms with Gasteiger partial charge in [0, 0.05) is 25.7 Å². The van der Waals surface area contributed by atoms with Crippen molar-refractivity contribution in [3.05, 3.63) is 58.4 Å². The molecule has 0 spiro atoms. The molecule has 2 heterocycles. The van der Waals surface area contributed by atoms with Crippen LogP contribution < -0.4 is 14.9 Å². The number of hydrogen-bond donors (Lipinski definition) is 0. The third kappa shape index (κ3) is 4.75. The van der Waals surface area contributed by atoms with Crippen molar-refractivity contribution in [1.29, 1.82) is 0 Å². The molecule has 0 radical (unpaired) electrons. The first kappa shape index (κ1) is 21.4. The van der Waals surface area contributed by atoms with Crippen molar-refractivity contribution in [2.45, 2.75) is 33.0 Å². The number of fused-ring (bicyclic) bond motifs is 1. The highest BCUT2D eigenvalue weighted by Gasteiger charge is 2.21. The summed E-state index contributed by atoms with van der Waals surface area (Å²) in [6.07, 6.45) is 0.475. The average Bonchev–Trinajstić information content (AvgIpc) is 2.73. The van der Waals surface area contributed by atoms with Crippen molar-refractivity contribution in [1.82, 2.24) is 4.90 Å². The van der Waals surface area contributed by atoms with E-state index in [0.29, 0.717) is 34.6 Å². The van der Waals surface area contributed by atoms with Crippen LogP contribution in [0.15, 0.2) is 51.7 Å². The van der Waals surface area contributed by atoms with Crippen LogP contribution in [0, 0.1) is 6.92 Å². The molecule has 0 aliphatic carbocycles. The highest BCUT2D eigenvalue weighted by Crippen LogP contribution is 2.27. The molecule has 3 aromatic rings. The van der Waals surface area contributed by atoms with Gasteiger partial charge in [-0.2, -0.15) is 0 Å². The first-order valence-electron chi connectivity index (χ1n) is 10.7. The van der Waals surface area contributed by atoms with Gasteiger partial charge in [-0.25, -0.2) is 0 Å². The van der Waals surface area contributed by atoms with E-state index in [4.69, 9.17) is 18.6 Å². The Morgan fingerprint density at radius 2 is 1.71 bits per heavy atom. The maximum atomic E-state index is 13.1. The van der Waals surface area contributed by atoms with Gasteiger partial charge in [0.25, 0.3) is 0 Å². The summed E-state index contributed by atoms with van der Waals surface area (Å²) >= 11 is 0. The van der Waals surface area contributed by atoms with Crippen LogP contribution in [0.2, 0.25) is 0 Å². The maximum Gasteiger partial charge on any atom is 0.200 e. The van der Waals surface area contributed by atoms with Crippen molar-refractivity contribution < 1.29 is 18.6 Å². The number of rotatable bonds is 6. The topological polar surface area (TPSA) is 61.1 Å². The molecule has 6 heteroatoms. The highest BCUT2D eigenvalue weighted by atomic mass is 16.5. The zero-order valence-electron chi connectivity index (χ0n) is 18.5. The Hall–Kier alpha value is -2.83. The molecule has 4 rings (SSSR count). The molecule has 0 unspecified atom stereocenters. The standard InChI is InChI=1S/C25H29NO5/c1-16-14-26(15-17(2)30-16)11-12-29-21-9-10-22-23(13-21)31-18(3)24(25(22)27)19-5-7-20(28-4)8-6-19/h5-10,13,16-17H,11-12,14-15H2,1-4H3/t16-,17-/m1/s1. The molecule has 1 aromatic heterocycles. The molecule has 1 aliphatic heterocycles. The van der Waals surface area contributed by atoms with Crippen molar-refractivity contribution in [3.63, 3.8) is 0 Å². The molecule has 164 valence electrons. The normalized spacial score (nSPS) is 19.5. The lowest BCUT2D eigenvalue weighted by molar-refractivity contribution is -0.0699. The van der Waals surface area contributed by atoms with Gasteiger partial charge in [-0.1, -0.05) is 12.1 Å². The van der Waals surface area contributed by atoms with Gasteiger partial charge in [0.15, 0.2) is 0 Å². The fraction of sp³-hybridized carbons (Fsp3) is 0.400. The Balaban J connectivity index is 1.51. The summed E-state index contributed by atoms with van der Waals surface area (Å²) in [5.74, 6) is 2.02. The predicted octanol–water partition coefficient (Wildman–Crippen LogP) is 4.27. The van der Waals surface area contributed by atoms with E-state index in [-0.39, 0.29) is 17.6 Å². The number of aryl methyl sites for hydroxylation is 1. The third-order valence-corrected chi connectivity index (χ3v) is 5.59. The van der Waals surface area contributed by atoms with Crippen molar-refractivity contribution >= 4 is 11.0 Å². The van der Waals surface area contributed by atoms with Crippen molar-refractivity contribution in [2.75, 3.05) is 33.4 Å². The summed E-state index contributed by atoms with van der Waals surface area (Å²) in [4.78, 5) is 15.5.